The van der Waals surface area contributed by atoms with Crippen molar-refractivity contribution in [1.82, 2.24) is 5.32 Å². The van der Waals surface area contributed by atoms with E-state index >= 15 is 0 Å². The Bertz CT molecular complexity index is 1120. The van der Waals surface area contributed by atoms with Crippen molar-refractivity contribution in [1.29, 1.82) is 0 Å². The highest BCUT2D eigenvalue weighted by Gasteiger charge is 2.34. The number of hydrogen-bond acceptors (Lipinski definition) is 8. The van der Waals surface area contributed by atoms with Crippen LogP contribution in [-0.4, -0.2) is 65.1 Å². The second kappa shape index (κ2) is 12.9. The number of hydrogen-bond donors (Lipinski definition) is 5. The number of aliphatic hydroxyl groups is 2. The van der Waals surface area contributed by atoms with E-state index in [1.165, 1.54) is 0 Å². The molecule has 1 heterocycles. The van der Waals surface area contributed by atoms with Crippen LogP contribution in [0.3, 0.4) is 0 Å². The number of carbonyl (C=O) groups is 1. The number of amides is 1. The van der Waals surface area contributed by atoms with Crippen molar-refractivity contribution in [2.75, 3.05) is 18.1 Å². The first-order valence-corrected chi connectivity index (χ1v) is 13.4. The van der Waals surface area contributed by atoms with E-state index in [1.807, 2.05) is 49.1 Å². The van der Waals surface area contributed by atoms with Gasteiger partial charge in [-0.05, 0) is 70.9 Å². The fourth-order valence-electron chi connectivity index (χ4n) is 4.45. The SMILES string of the molecule is CCNC(=O)C[C@@H]1N=C(c2ccc(Cl)cc2)c2cc(OCCCC(O)C(C)(C)O)ccc2N(C(C)N)C1N. The highest BCUT2D eigenvalue weighted by molar-refractivity contribution is 6.30. The summed E-state index contributed by atoms with van der Waals surface area (Å²) in [5, 5.41) is 23.5. The zero-order chi connectivity index (χ0) is 28.0. The lowest BCUT2D eigenvalue weighted by atomic mass is 9.98. The first-order valence-electron chi connectivity index (χ1n) is 13.0. The fourth-order valence-corrected chi connectivity index (χ4v) is 4.58. The molecule has 3 unspecified atom stereocenters. The number of nitrogens with one attached hydrogen (secondary N) is 1. The zero-order valence-corrected chi connectivity index (χ0v) is 23.3. The molecular weight excluding hydrogens is 506 g/mol. The van der Waals surface area contributed by atoms with Crippen LogP contribution < -0.4 is 26.4 Å². The summed E-state index contributed by atoms with van der Waals surface area (Å²) in [6.45, 7) is 7.74. The third-order valence-electron chi connectivity index (χ3n) is 6.54. The summed E-state index contributed by atoms with van der Waals surface area (Å²) in [4.78, 5) is 19.5. The van der Waals surface area contributed by atoms with Crippen molar-refractivity contribution in [3.8, 4) is 5.75 Å². The number of nitrogens with zero attached hydrogens (tertiary/aromatic N) is 2. The van der Waals surface area contributed by atoms with Crippen LogP contribution in [0.2, 0.25) is 5.02 Å². The molecule has 0 radical (unpaired) electrons. The molecule has 1 aliphatic heterocycles. The number of benzene rings is 2. The maximum Gasteiger partial charge on any atom is 0.222 e. The largest absolute Gasteiger partial charge is 0.494 e. The highest BCUT2D eigenvalue weighted by atomic mass is 35.5. The quantitative estimate of drug-likeness (QED) is 0.273. The molecule has 38 heavy (non-hydrogen) atoms. The van der Waals surface area contributed by atoms with E-state index in [2.05, 4.69) is 5.32 Å². The lowest BCUT2D eigenvalue weighted by molar-refractivity contribution is -0.121. The normalized spacial score (nSPS) is 19.2. The lowest BCUT2D eigenvalue weighted by Gasteiger charge is -2.36. The van der Waals surface area contributed by atoms with Crippen LogP contribution in [0, 0.1) is 0 Å². The van der Waals surface area contributed by atoms with E-state index in [9.17, 15) is 15.0 Å². The van der Waals surface area contributed by atoms with Crippen molar-refractivity contribution in [2.24, 2.45) is 16.5 Å². The van der Waals surface area contributed by atoms with E-state index < -0.39 is 30.1 Å². The summed E-state index contributed by atoms with van der Waals surface area (Å²) in [6.07, 6.45) is -0.862. The van der Waals surface area contributed by atoms with E-state index in [0.717, 1.165) is 16.8 Å². The number of fused-ring (bicyclic) bond motifs is 1. The molecule has 0 bridgehead atoms. The molecule has 0 saturated carbocycles. The maximum atomic E-state index is 12.6. The van der Waals surface area contributed by atoms with Crippen molar-refractivity contribution in [3.63, 3.8) is 0 Å². The number of anilines is 1. The van der Waals surface area contributed by atoms with Gasteiger partial charge in [0.05, 0.1) is 42.7 Å². The first kappa shape index (κ1) is 29.9. The number of aliphatic imine (C=N–C) groups is 1. The predicted molar refractivity (Wildman–Crippen MR) is 152 cm³/mol. The van der Waals surface area contributed by atoms with Gasteiger partial charge < -0.3 is 36.6 Å². The molecule has 9 nitrogen and oxygen atoms in total. The summed E-state index contributed by atoms with van der Waals surface area (Å²) in [5.74, 6) is 0.475. The number of aliphatic hydroxyl groups excluding tert-OH is 1. The number of benzodiazepines with no additional fused rings is 1. The van der Waals surface area contributed by atoms with Crippen molar-refractivity contribution < 1.29 is 19.7 Å². The second-order valence-electron chi connectivity index (χ2n) is 10.2. The number of carbonyl (C=O) groups excluding carboxylic acids is 1. The van der Waals surface area contributed by atoms with Gasteiger partial charge in [-0.15, -0.1) is 0 Å². The molecule has 4 atom stereocenters. The van der Waals surface area contributed by atoms with Crippen LogP contribution in [0.15, 0.2) is 47.5 Å². The van der Waals surface area contributed by atoms with Gasteiger partial charge in [0.1, 0.15) is 11.9 Å². The summed E-state index contributed by atoms with van der Waals surface area (Å²) in [7, 11) is 0. The van der Waals surface area contributed by atoms with Crippen molar-refractivity contribution in [2.45, 2.75) is 77.0 Å². The van der Waals surface area contributed by atoms with Crippen molar-refractivity contribution >= 4 is 28.9 Å². The highest BCUT2D eigenvalue weighted by Crippen LogP contribution is 2.34. The van der Waals surface area contributed by atoms with E-state index in [4.69, 9.17) is 32.8 Å². The smallest absolute Gasteiger partial charge is 0.222 e. The Hall–Kier alpha value is -2.69. The van der Waals surface area contributed by atoms with Gasteiger partial charge in [0.15, 0.2) is 0 Å². The summed E-state index contributed by atoms with van der Waals surface area (Å²) >= 11 is 6.16. The van der Waals surface area contributed by atoms with Crippen molar-refractivity contribution in [3.05, 3.63) is 58.6 Å². The molecule has 7 N–H and O–H groups in total. The Morgan fingerprint density at radius 2 is 1.95 bits per heavy atom. The van der Waals surface area contributed by atoms with Gasteiger partial charge in [-0.3, -0.25) is 9.79 Å². The van der Waals surface area contributed by atoms with Crippen LogP contribution in [0.1, 0.15) is 58.1 Å². The average molecular weight is 546 g/mol. The predicted octanol–water partition coefficient (Wildman–Crippen LogP) is 2.77. The summed E-state index contributed by atoms with van der Waals surface area (Å²) < 4.78 is 6.01. The minimum atomic E-state index is -1.17. The Morgan fingerprint density at radius 3 is 2.55 bits per heavy atom. The Morgan fingerprint density at radius 1 is 1.26 bits per heavy atom. The average Bonchev–Trinajstić information content (AvgIpc) is 2.96. The molecule has 0 aliphatic carbocycles. The molecule has 0 fully saturated rings. The number of rotatable bonds is 11. The van der Waals surface area contributed by atoms with Gasteiger partial charge in [-0.1, -0.05) is 23.7 Å². The third kappa shape index (κ3) is 7.45. The summed E-state index contributed by atoms with van der Waals surface area (Å²) in [5.41, 5.74) is 15.0. The minimum absolute atomic E-state index is 0.107. The van der Waals surface area contributed by atoms with Gasteiger partial charge in [0.2, 0.25) is 5.91 Å². The third-order valence-corrected chi connectivity index (χ3v) is 6.79. The molecule has 3 rings (SSSR count). The number of nitrogens with two attached hydrogens (primary N) is 2. The number of ether oxygens (including phenoxy) is 1. The zero-order valence-electron chi connectivity index (χ0n) is 22.5. The number of halogens is 1. The van der Waals surface area contributed by atoms with E-state index in [1.54, 1.807) is 26.0 Å². The van der Waals surface area contributed by atoms with Gasteiger partial charge in [0, 0.05) is 28.4 Å². The van der Waals surface area contributed by atoms with Crippen LogP contribution in [0.25, 0.3) is 0 Å². The molecule has 2 aromatic carbocycles. The Labute approximate surface area is 229 Å². The van der Waals surface area contributed by atoms with Crippen LogP contribution in [0.5, 0.6) is 5.75 Å². The standard InChI is InChI=1S/C28H40ClN5O4/c1-5-32-25(36)16-22-27(31)34(17(2)30)23-13-12-20(38-14-6-7-24(35)28(3,4)37)15-21(23)26(33-22)18-8-10-19(29)11-9-18/h8-13,15,17,22,24,27,35,37H,5-7,14,16,30-31H2,1-4H3,(H,32,36)/t17?,22-,24?,27?/m0/s1. The van der Waals surface area contributed by atoms with Crippen LogP contribution in [0.4, 0.5) is 5.69 Å². The Kier molecular flexibility index (Phi) is 10.1. The summed E-state index contributed by atoms with van der Waals surface area (Å²) in [6, 6.07) is 12.4. The second-order valence-corrected chi connectivity index (χ2v) is 10.6. The minimum Gasteiger partial charge on any atom is -0.494 e. The first-order chi connectivity index (χ1) is 17.9. The maximum absolute atomic E-state index is 12.6. The molecule has 10 heteroatoms. The molecule has 2 aromatic rings. The fraction of sp³-hybridized carbons (Fsp3) is 0.500. The molecule has 0 spiro atoms. The molecule has 1 aliphatic rings. The molecule has 0 aromatic heterocycles. The molecule has 0 saturated heterocycles. The van der Waals surface area contributed by atoms with Crippen LogP contribution >= 0.6 is 11.6 Å². The molecular formula is C28H40ClN5O4. The van der Waals surface area contributed by atoms with E-state index in [0.29, 0.717) is 42.5 Å². The lowest BCUT2D eigenvalue weighted by Crippen LogP contribution is -2.56. The van der Waals surface area contributed by atoms with Gasteiger partial charge in [0.25, 0.3) is 0 Å². The Balaban J connectivity index is 2.00. The molecule has 1 amide bonds. The van der Waals surface area contributed by atoms with Gasteiger partial charge in [-0.2, -0.15) is 0 Å². The topological polar surface area (TPSA) is 146 Å². The van der Waals surface area contributed by atoms with Crippen LogP contribution in [-0.2, 0) is 4.79 Å². The van der Waals surface area contributed by atoms with Gasteiger partial charge in [-0.25, -0.2) is 0 Å². The van der Waals surface area contributed by atoms with Gasteiger partial charge >= 0.3 is 0 Å². The molecule has 208 valence electrons. The monoisotopic (exact) mass is 545 g/mol. The van der Waals surface area contributed by atoms with E-state index in [-0.39, 0.29) is 12.3 Å².